The van der Waals surface area contributed by atoms with Crippen molar-refractivity contribution in [3.63, 3.8) is 0 Å². The van der Waals surface area contributed by atoms with Crippen LogP contribution in [0.5, 0.6) is 5.75 Å². The molecule has 0 unspecified atom stereocenters. The van der Waals surface area contributed by atoms with Gasteiger partial charge in [0.15, 0.2) is 5.15 Å². The second kappa shape index (κ2) is 8.18. The molecule has 1 aliphatic rings. The van der Waals surface area contributed by atoms with Crippen LogP contribution >= 0.6 is 11.6 Å². The maximum absolute atomic E-state index is 12.2. The van der Waals surface area contributed by atoms with E-state index >= 15 is 0 Å². The van der Waals surface area contributed by atoms with Crippen molar-refractivity contribution >= 4 is 28.9 Å². The fraction of sp³-hybridized carbons (Fsp3) is 0.333. The number of hydrogen-bond acceptors (Lipinski definition) is 5. The van der Waals surface area contributed by atoms with Crippen molar-refractivity contribution in [1.82, 2.24) is 9.88 Å². The Morgan fingerprint density at radius 2 is 1.92 bits per heavy atom. The lowest BCUT2D eigenvalue weighted by Crippen LogP contribution is -2.48. The SMILES string of the molecule is COc1ccc(N2CCN(CC(=O)Nc3cccnc3Cl)CC2)cc1. The van der Waals surface area contributed by atoms with E-state index in [-0.39, 0.29) is 5.91 Å². The quantitative estimate of drug-likeness (QED) is 0.830. The van der Waals surface area contributed by atoms with Crippen molar-refractivity contribution in [2.75, 3.05) is 50.1 Å². The summed E-state index contributed by atoms with van der Waals surface area (Å²) in [6.45, 7) is 3.78. The average molecular weight is 361 g/mol. The Morgan fingerprint density at radius 1 is 1.20 bits per heavy atom. The van der Waals surface area contributed by atoms with E-state index in [9.17, 15) is 4.79 Å². The lowest BCUT2D eigenvalue weighted by Gasteiger charge is -2.35. The number of ether oxygens (including phenoxy) is 1. The molecule has 1 aliphatic heterocycles. The fourth-order valence-corrected chi connectivity index (χ4v) is 3.00. The second-order valence-corrected chi connectivity index (χ2v) is 6.21. The zero-order valence-electron chi connectivity index (χ0n) is 14.1. The van der Waals surface area contributed by atoms with Gasteiger partial charge in [-0.1, -0.05) is 11.6 Å². The molecule has 1 N–H and O–H groups in total. The molecule has 0 spiro atoms. The molecule has 2 aromatic rings. The van der Waals surface area contributed by atoms with Crippen LogP contribution in [0.2, 0.25) is 5.15 Å². The van der Waals surface area contributed by atoms with Gasteiger partial charge in [-0.25, -0.2) is 4.98 Å². The van der Waals surface area contributed by atoms with Crippen molar-refractivity contribution in [3.05, 3.63) is 47.7 Å². The molecule has 1 saturated heterocycles. The van der Waals surface area contributed by atoms with Crippen LogP contribution < -0.4 is 15.0 Å². The maximum Gasteiger partial charge on any atom is 0.238 e. The van der Waals surface area contributed by atoms with Gasteiger partial charge < -0.3 is 15.0 Å². The lowest BCUT2D eigenvalue weighted by atomic mass is 10.2. The number of hydrogen-bond donors (Lipinski definition) is 1. The molecule has 7 heteroatoms. The third-order valence-corrected chi connectivity index (χ3v) is 4.51. The van der Waals surface area contributed by atoms with Crippen LogP contribution in [0.15, 0.2) is 42.6 Å². The van der Waals surface area contributed by atoms with Crippen molar-refractivity contribution in [3.8, 4) is 5.75 Å². The topological polar surface area (TPSA) is 57.7 Å². The number of methoxy groups -OCH3 is 1. The number of amides is 1. The molecule has 3 rings (SSSR count). The normalized spacial score (nSPS) is 15.0. The molecule has 6 nitrogen and oxygen atoms in total. The molecule has 2 heterocycles. The molecule has 1 aromatic heterocycles. The molecular weight excluding hydrogens is 340 g/mol. The summed E-state index contributed by atoms with van der Waals surface area (Å²) in [7, 11) is 1.66. The van der Waals surface area contributed by atoms with Crippen LogP contribution in [0, 0.1) is 0 Å². The Balaban J connectivity index is 1.48. The third-order valence-electron chi connectivity index (χ3n) is 4.21. The van der Waals surface area contributed by atoms with E-state index in [1.165, 1.54) is 5.69 Å². The van der Waals surface area contributed by atoms with Gasteiger partial charge in [-0.15, -0.1) is 0 Å². The first-order chi connectivity index (χ1) is 12.2. The van der Waals surface area contributed by atoms with Crippen molar-refractivity contribution in [2.45, 2.75) is 0 Å². The zero-order chi connectivity index (χ0) is 17.6. The first-order valence-corrected chi connectivity index (χ1v) is 8.55. The Bertz CT molecular complexity index is 715. The van der Waals surface area contributed by atoms with Gasteiger partial charge in [-0.2, -0.15) is 0 Å². The minimum Gasteiger partial charge on any atom is -0.497 e. The molecular formula is C18H21ClN4O2. The minimum atomic E-state index is -0.0761. The standard InChI is InChI=1S/C18H21ClN4O2/c1-25-15-6-4-14(5-7-15)23-11-9-22(10-12-23)13-17(24)21-16-3-2-8-20-18(16)19/h2-8H,9-13H2,1H3,(H,21,24). The van der Waals surface area contributed by atoms with Gasteiger partial charge in [-0.05, 0) is 36.4 Å². The molecule has 1 fully saturated rings. The van der Waals surface area contributed by atoms with Crippen LogP contribution in [0.3, 0.4) is 0 Å². The predicted octanol–water partition coefficient (Wildman–Crippen LogP) is 2.50. The van der Waals surface area contributed by atoms with Crippen LogP contribution in [-0.2, 0) is 4.79 Å². The van der Waals surface area contributed by atoms with E-state index in [1.807, 2.05) is 12.1 Å². The summed E-state index contributed by atoms with van der Waals surface area (Å²) in [5.74, 6) is 0.779. The molecule has 25 heavy (non-hydrogen) atoms. The number of rotatable bonds is 5. The molecule has 0 radical (unpaired) electrons. The van der Waals surface area contributed by atoms with E-state index in [2.05, 4.69) is 32.2 Å². The first-order valence-electron chi connectivity index (χ1n) is 8.17. The molecule has 0 bridgehead atoms. The van der Waals surface area contributed by atoms with E-state index in [4.69, 9.17) is 16.3 Å². The van der Waals surface area contributed by atoms with Crippen LogP contribution in [0.4, 0.5) is 11.4 Å². The zero-order valence-corrected chi connectivity index (χ0v) is 14.9. The number of piperazine rings is 1. The van der Waals surface area contributed by atoms with Crippen molar-refractivity contribution in [1.29, 1.82) is 0 Å². The first kappa shape index (κ1) is 17.5. The van der Waals surface area contributed by atoms with Crippen LogP contribution in [0.1, 0.15) is 0 Å². The Labute approximate surface area is 152 Å². The summed E-state index contributed by atoms with van der Waals surface area (Å²) >= 11 is 5.96. The third kappa shape index (κ3) is 4.61. The maximum atomic E-state index is 12.2. The molecule has 0 atom stereocenters. The summed E-state index contributed by atoms with van der Waals surface area (Å²) in [5, 5.41) is 3.12. The van der Waals surface area contributed by atoms with E-state index in [1.54, 1.807) is 25.4 Å². The summed E-state index contributed by atoms with van der Waals surface area (Å²) in [4.78, 5) is 20.6. The van der Waals surface area contributed by atoms with E-state index in [0.29, 0.717) is 17.4 Å². The fourth-order valence-electron chi connectivity index (χ4n) is 2.83. The molecule has 132 valence electrons. The van der Waals surface area contributed by atoms with Gasteiger partial charge >= 0.3 is 0 Å². The van der Waals surface area contributed by atoms with Crippen molar-refractivity contribution in [2.24, 2.45) is 0 Å². The smallest absolute Gasteiger partial charge is 0.238 e. The molecule has 1 amide bonds. The van der Waals surface area contributed by atoms with Gasteiger partial charge in [0.05, 0.1) is 19.3 Å². The number of carbonyl (C=O) groups is 1. The summed E-state index contributed by atoms with van der Waals surface area (Å²) in [5.41, 5.74) is 1.72. The summed E-state index contributed by atoms with van der Waals surface area (Å²) in [6.07, 6.45) is 1.59. The number of pyridine rings is 1. The predicted molar refractivity (Wildman–Crippen MR) is 99.5 cm³/mol. The number of carbonyl (C=O) groups excluding carboxylic acids is 1. The highest BCUT2D eigenvalue weighted by Crippen LogP contribution is 2.21. The molecule has 0 saturated carbocycles. The summed E-state index contributed by atoms with van der Waals surface area (Å²) in [6, 6.07) is 11.5. The van der Waals surface area contributed by atoms with Crippen molar-refractivity contribution < 1.29 is 9.53 Å². The number of anilines is 2. The number of benzene rings is 1. The number of halogens is 1. The van der Waals surface area contributed by atoms with Gasteiger partial charge in [0.2, 0.25) is 5.91 Å². The summed E-state index contributed by atoms with van der Waals surface area (Å²) < 4.78 is 5.19. The highest BCUT2D eigenvalue weighted by Gasteiger charge is 2.19. The average Bonchev–Trinajstić information content (AvgIpc) is 2.64. The lowest BCUT2D eigenvalue weighted by molar-refractivity contribution is -0.117. The Hall–Kier alpha value is -2.31. The van der Waals surface area contributed by atoms with Gasteiger partial charge in [-0.3, -0.25) is 9.69 Å². The Morgan fingerprint density at radius 3 is 2.56 bits per heavy atom. The second-order valence-electron chi connectivity index (χ2n) is 5.85. The number of nitrogens with zero attached hydrogens (tertiary/aromatic N) is 3. The van der Waals surface area contributed by atoms with Crippen LogP contribution in [-0.4, -0.2) is 55.6 Å². The highest BCUT2D eigenvalue weighted by atomic mass is 35.5. The van der Waals surface area contributed by atoms with Crippen LogP contribution in [0.25, 0.3) is 0 Å². The van der Waals surface area contributed by atoms with Gasteiger partial charge in [0.25, 0.3) is 0 Å². The Kier molecular flexibility index (Phi) is 5.73. The number of aromatic nitrogens is 1. The van der Waals surface area contributed by atoms with E-state index < -0.39 is 0 Å². The monoisotopic (exact) mass is 360 g/mol. The van der Waals surface area contributed by atoms with E-state index in [0.717, 1.165) is 31.9 Å². The molecule has 1 aromatic carbocycles. The highest BCUT2D eigenvalue weighted by molar-refractivity contribution is 6.32. The van der Waals surface area contributed by atoms with Gasteiger partial charge in [0, 0.05) is 38.1 Å². The molecule has 0 aliphatic carbocycles. The minimum absolute atomic E-state index is 0.0761. The number of nitrogens with one attached hydrogen (secondary N) is 1. The van der Waals surface area contributed by atoms with Gasteiger partial charge in [0.1, 0.15) is 5.75 Å². The largest absolute Gasteiger partial charge is 0.497 e.